The first kappa shape index (κ1) is 14.2. The summed E-state index contributed by atoms with van der Waals surface area (Å²) < 4.78 is 5.41. The highest BCUT2D eigenvalue weighted by molar-refractivity contribution is 5.92. The molecule has 5 heteroatoms. The van der Waals surface area contributed by atoms with Crippen LogP contribution in [0.4, 0.5) is 0 Å². The highest BCUT2D eigenvalue weighted by Crippen LogP contribution is 2.34. The van der Waals surface area contributed by atoms with E-state index in [1.165, 1.54) is 25.7 Å². The highest BCUT2D eigenvalue weighted by atomic mass is 16.5. The number of carbonyl (C=O) groups is 1. The molecule has 2 aliphatic carbocycles. The topological polar surface area (TPSA) is 58.4 Å². The standard InChI is InChI=1S/C17H25N3O2/c1-11-9-20(13-6-7-13)10-15(11)18-17(21)14-8-16(22-19-14)12-4-2-3-5-12/h8,11-13,15H,2-7,9-10H2,1H3,(H,18,21)/t11-,15+/m0/s1. The molecule has 120 valence electrons. The Morgan fingerprint density at radius 1 is 1.27 bits per heavy atom. The van der Waals surface area contributed by atoms with Crippen LogP contribution in [0.5, 0.6) is 0 Å². The molecule has 0 spiro atoms. The Balaban J connectivity index is 1.37. The summed E-state index contributed by atoms with van der Waals surface area (Å²) in [5.41, 5.74) is 0.443. The van der Waals surface area contributed by atoms with Gasteiger partial charge in [-0.05, 0) is 31.6 Å². The second-order valence-electron chi connectivity index (χ2n) is 7.34. The van der Waals surface area contributed by atoms with Gasteiger partial charge in [0.25, 0.3) is 5.91 Å². The highest BCUT2D eigenvalue weighted by Gasteiger charge is 2.39. The molecule has 22 heavy (non-hydrogen) atoms. The predicted octanol–water partition coefficient (Wildman–Crippen LogP) is 2.54. The molecule has 0 aromatic carbocycles. The molecule has 4 rings (SSSR count). The molecule has 1 amide bonds. The van der Waals surface area contributed by atoms with Crippen LogP contribution in [-0.4, -0.2) is 41.1 Å². The largest absolute Gasteiger partial charge is 0.360 e. The van der Waals surface area contributed by atoms with Crippen LogP contribution in [0.15, 0.2) is 10.6 Å². The van der Waals surface area contributed by atoms with Crippen LogP contribution in [0.2, 0.25) is 0 Å². The van der Waals surface area contributed by atoms with Gasteiger partial charge in [-0.1, -0.05) is 24.9 Å². The zero-order chi connectivity index (χ0) is 15.1. The first-order valence-corrected chi connectivity index (χ1v) is 8.72. The van der Waals surface area contributed by atoms with Crippen molar-refractivity contribution in [2.24, 2.45) is 5.92 Å². The summed E-state index contributed by atoms with van der Waals surface area (Å²) in [7, 11) is 0. The van der Waals surface area contributed by atoms with Gasteiger partial charge >= 0.3 is 0 Å². The van der Waals surface area contributed by atoms with Crippen molar-refractivity contribution in [3.8, 4) is 0 Å². The van der Waals surface area contributed by atoms with Crippen LogP contribution in [-0.2, 0) is 0 Å². The Bertz CT molecular complexity index is 546. The zero-order valence-corrected chi connectivity index (χ0v) is 13.3. The number of hydrogen-bond donors (Lipinski definition) is 1. The van der Waals surface area contributed by atoms with Crippen molar-refractivity contribution in [2.75, 3.05) is 13.1 Å². The second-order valence-corrected chi connectivity index (χ2v) is 7.34. The SMILES string of the molecule is C[C@H]1CN(C2CC2)C[C@H]1NC(=O)c1cc(C2CCCC2)on1. The Kier molecular flexibility index (Phi) is 3.68. The van der Waals surface area contributed by atoms with E-state index in [9.17, 15) is 4.79 Å². The summed E-state index contributed by atoms with van der Waals surface area (Å²) in [6.45, 7) is 4.30. The van der Waals surface area contributed by atoms with Gasteiger partial charge in [-0.15, -0.1) is 0 Å². The van der Waals surface area contributed by atoms with Gasteiger partial charge in [-0.2, -0.15) is 0 Å². The molecule has 0 bridgehead atoms. The van der Waals surface area contributed by atoms with E-state index in [4.69, 9.17) is 4.52 Å². The van der Waals surface area contributed by atoms with Crippen LogP contribution < -0.4 is 5.32 Å². The lowest BCUT2D eigenvalue weighted by Crippen LogP contribution is -2.40. The normalized spacial score (nSPS) is 30.0. The molecule has 2 saturated carbocycles. The monoisotopic (exact) mass is 303 g/mol. The van der Waals surface area contributed by atoms with Crippen LogP contribution >= 0.6 is 0 Å². The number of aromatic nitrogens is 1. The summed E-state index contributed by atoms with van der Waals surface area (Å²) in [5.74, 6) is 1.78. The molecule has 0 radical (unpaired) electrons. The van der Waals surface area contributed by atoms with E-state index in [0.29, 0.717) is 17.5 Å². The zero-order valence-electron chi connectivity index (χ0n) is 13.3. The minimum Gasteiger partial charge on any atom is -0.360 e. The van der Waals surface area contributed by atoms with Gasteiger partial charge in [0.1, 0.15) is 5.76 Å². The first-order valence-electron chi connectivity index (χ1n) is 8.72. The maximum atomic E-state index is 12.4. The molecule has 5 nitrogen and oxygen atoms in total. The van der Waals surface area contributed by atoms with Crippen molar-refractivity contribution < 1.29 is 9.32 Å². The number of nitrogens with one attached hydrogen (secondary N) is 1. The molecule has 0 unspecified atom stereocenters. The number of amides is 1. The summed E-state index contributed by atoms with van der Waals surface area (Å²) in [5, 5.41) is 7.15. The lowest BCUT2D eigenvalue weighted by Gasteiger charge is -2.16. The van der Waals surface area contributed by atoms with Crippen LogP contribution in [0.1, 0.15) is 67.6 Å². The minimum atomic E-state index is -0.0810. The van der Waals surface area contributed by atoms with E-state index in [0.717, 1.165) is 37.7 Å². The fourth-order valence-corrected chi connectivity index (χ4v) is 3.97. The van der Waals surface area contributed by atoms with Crippen LogP contribution in [0.25, 0.3) is 0 Å². The third-order valence-corrected chi connectivity index (χ3v) is 5.54. The van der Waals surface area contributed by atoms with E-state index in [1.54, 1.807) is 0 Å². The summed E-state index contributed by atoms with van der Waals surface area (Å²) in [4.78, 5) is 14.9. The molecule has 3 fully saturated rings. The lowest BCUT2D eigenvalue weighted by molar-refractivity contribution is 0.0922. The molecule has 1 saturated heterocycles. The van der Waals surface area contributed by atoms with Crippen molar-refractivity contribution in [1.82, 2.24) is 15.4 Å². The number of likely N-dealkylation sites (tertiary alicyclic amines) is 1. The van der Waals surface area contributed by atoms with Crippen molar-refractivity contribution in [1.29, 1.82) is 0 Å². The molecular formula is C17H25N3O2. The molecule has 1 aromatic heterocycles. The Morgan fingerprint density at radius 2 is 2.05 bits per heavy atom. The molecule has 1 aromatic rings. The fraction of sp³-hybridized carbons (Fsp3) is 0.765. The van der Waals surface area contributed by atoms with E-state index in [2.05, 4.69) is 22.3 Å². The maximum Gasteiger partial charge on any atom is 0.273 e. The number of nitrogens with zero attached hydrogens (tertiary/aromatic N) is 2. The predicted molar refractivity (Wildman–Crippen MR) is 82.7 cm³/mol. The maximum absolute atomic E-state index is 12.4. The van der Waals surface area contributed by atoms with E-state index in [1.807, 2.05) is 6.07 Å². The molecular weight excluding hydrogens is 278 g/mol. The van der Waals surface area contributed by atoms with Gasteiger partial charge < -0.3 is 9.84 Å². The van der Waals surface area contributed by atoms with Gasteiger partial charge in [0.05, 0.1) is 0 Å². The molecule has 1 N–H and O–H groups in total. The van der Waals surface area contributed by atoms with Gasteiger partial charge in [-0.3, -0.25) is 9.69 Å². The van der Waals surface area contributed by atoms with Crippen LogP contribution in [0, 0.1) is 5.92 Å². The van der Waals surface area contributed by atoms with Crippen molar-refractivity contribution in [3.63, 3.8) is 0 Å². The average Bonchev–Trinajstić information content (AvgIpc) is 2.94. The summed E-state index contributed by atoms with van der Waals surface area (Å²) in [6.07, 6.45) is 7.47. The van der Waals surface area contributed by atoms with E-state index >= 15 is 0 Å². The van der Waals surface area contributed by atoms with Gasteiger partial charge in [-0.25, -0.2) is 0 Å². The minimum absolute atomic E-state index is 0.0810. The third-order valence-electron chi connectivity index (χ3n) is 5.54. The fourth-order valence-electron chi connectivity index (χ4n) is 3.97. The Hall–Kier alpha value is -1.36. The van der Waals surface area contributed by atoms with Crippen LogP contribution in [0.3, 0.4) is 0 Å². The Labute approximate surface area is 131 Å². The molecule has 1 aliphatic heterocycles. The first-order chi connectivity index (χ1) is 10.7. The van der Waals surface area contributed by atoms with E-state index in [-0.39, 0.29) is 11.9 Å². The quantitative estimate of drug-likeness (QED) is 0.928. The molecule has 2 heterocycles. The smallest absolute Gasteiger partial charge is 0.273 e. The van der Waals surface area contributed by atoms with Crippen molar-refractivity contribution >= 4 is 5.91 Å². The summed E-state index contributed by atoms with van der Waals surface area (Å²) >= 11 is 0. The summed E-state index contributed by atoms with van der Waals surface area (Å²) in [6, 6.07) is 2.86. The van der Waals surface area contributed by atoms with Crippen molar-refractivity contribution in [2.45, 2.75) is 63.5 Å². The molecule has 2 atom stereocenters. The Morgan fingerprint density at radius 3 is 2.77 bits per heavy atom. The average molecular weight is 303 g/mol. The molecule has 3 aliphatic rings. The van der Waals surface area contributed by atoms with Crippen molar-refractivity contribution in [3.05, 3.63) is 17.5 Å². The van der Waals surface area contributed by atoms with Gasteiger partial charge in [0.15, 0.2) is 5.69 Å². The second kappa shape index (κ2) is 5.69. The number of carbonyl (C=O) groups excluding carboxylic acids is 1. The van der Waals surface area contributed by atoms with E-state index < -0.39 is 0 Å². The van der Waals surface area contributed by atoms with Gasteiger partial charge in [0, 0.05) is 37.2 Å². The number of hydrogen-bond acceptors (Lipinski definition) is 4. The third kappa shape index (κ3) is 2.78. The van der Waals surface area contributed by atoms with Gasteiger partial charge in [0.2, 0.25) is 0 Å². The lowest BCUT2D eigenvalue weighted by atomic mass is 10.0. The number of rotatable bonds is 4.